The fourth-order valence-electron chi connectivity index (χ4n) is 3.45. The summed E-state index contributed by atoms with van der Waals surface area (Å²) in [6.07, 6.45) is 1.67. The van der Waals surface area contributed by atoms with Crippen molar-refractivity contribution in [3.63, 3.8) is 0 Å². The van der Waals surface area contributed by atoms with Gasteiger partial charge in [-0.2, -0.15) is 0 Å². The monoisotopic (exact) mass is 267 g/mol. The predicted molar refractivity (Wildman–Crippen MR) is 81.4 cm³/mol. The van der Waals surface area contributed by atoms with E-state index in [-0.39, 0.29) is 5.41 Å². The van der Waals surface area contributed by atoms with Crippen molar-refractivity contribution in [1.82, 2.24) is 0 Å². The molecule has 0 amide bonds. The first-order valence-corrected chi connectivity index (χ1v) is 7.14. The molecule has 0 bridgehead atoms. The first kappa shape index (κ1) is 13.3. The summed E-state index contributed by atoms with van der Waals surface area (Å²) in [6.45, 7) is 2.38. The van der Waals surface area contributed by atoms with Gasteiger partial charge in [0.15, 0.2) is 0 Å². The maximum atomic E-state index is 11.2. The van der Waals surface area contributed by atoms with E-state index in [9.17, 15) is 5.11 Å². The molecule has 0 radical (unpaired) electrons. The van der Waals surface area contributed by atoms with Crippen LogP contribution in [0, 0.1) is 5.41 Å². The van der Waals surface area contributed by atoms with Crippen molar-refractivity contribution in [2.75, 3.05) is 6.54 Å². The minimum absolute atomic E-state index is 0.321. The van der Waals surface area contributed by atoms with Crippen LogP contribution < -0.4 is 5.73 Å². The van der Waals surface area contributed by atoms with Gasteiger partial charge in [-0.15, -0.1) is 0 Å². The summed E-state index contributed by atoms with van der Waals surface area (Å²) in [7, 11) is 0. The Kier molecular flexibility index (Phi) is 3.15. The summed E-state index contributed by atoms with van der Waals surface area (Å²) in [4.78, 5) is 0. The highest BCUT2D eigenvalue weighted by Gasteiger charge is 2.50. The molecule has 20 heavy (non-hydrogen) atoms. The van der Waals surface area contributed by atoms with Crippen LogP contribution in [0.4, 0.5) is 0 Å². The molecule has 2 aromatic carbocycles. The van der Waals surface area contributed by atoms with Gasteiger partial charge in [0.25, 0.3) is 0 Å². The Balaban J connectivity index is 2.04. The summed E-state index contributed by atoms with van der Waals surface area (Å²) in [5, 5.41) is 11.2. The lowest BCUT2D eigenvalue weighted by molar-refractivity contribution is -0.0675. The van der Waals surface area contributed by atoms with Crippen molar-refractivity contribution in [2.45, 2.75) is 25.4 Å². The summed E-state index contributed by atoms with van der Waals surface area (Å²) < 4.78 is 0. The lowest BCUT2D eigenvalue weighted by atomic mass is 9.67. The first-order valence-electron chi connectivity index (χ1n) is 7.14. The van der Waals surface area contributed by atoms with Gasteiger partial charge in [-0.3, -0.25) is 0 Å². The molecule has 1 unspecified atom stereocenters. The maximum absolute atomic E-state index is 11.2. The van der Waals surface area contributed by atoms with Crippen molar-refractivity contribution >= 4 is 0 Å². The highest BCUT2D eigenvalue weighted by atomic mass is 16.3. The van der Waals surface area contributed by atoms with Crippen LogP contribution >= 0.6 is 0 Å². The first-order chi connectivity index (χ1) is 9.59. The normalized spacial score (nSPS) is 19.4. The number of nitrogens with two attached hydrogens (primary N) is 1. The van der Waals surface area contributed by atoms with Gasteiger partial charge in [0.2, 0.25) is 0 Å². The minimum atomic E-state index is -0.929. The highest BCUT2D eigenvalue weighted by Crippen LogP contribution is 2.48. The number of rotatable bonds is 3. The molecule has 0 aromatic heterocycles. The molecular formula is C18H21NO. The predicted octanol–water partition coefficient (Wildman–Crippen LogP) is 2.64. The number of hydrogen-bond acceptors (Lipinski definition) is 2. The van der Waals surface area contributed by atoms with E-state index in [2.05, 4.69) is 24.3 Å². The third-order valence-electron chi connectivity index (χ3n) is 4.94. The molecule has 3 N–H and O–H groups in total. The van der Waals surface area contributed by atoms with E-state index in [0.29, 0.717) is 6.54 Å². The van der Waals surface area contributed by atoms with E-state index < -0.39 is 5.60 Å². The van der Waals surface area contributed by atoms with Gasteiger partial charge < -0.3 is 10.8 Å². The standard InChI is InChI=1S/C18H21NO/c1-17(20,16-9-3-2-4-10-16)18(13-19)11-14-7-5-6-8-15(14)12-18/h2-10,20H,11-13,19H2,1H3. The Morgan fingerprint density at radius 3 is 2.00 bits per heavy atom. The summed E-state index contributed by atoms with van der Waals surface area (Å²) in [5.41, 5.74) is 8.43. The van der Waals surface area contributed by atoms with Gasteiger partial charge in [0.05, 0.1) is 5.60 Å². The number of benzene rings is 2. The van der Waals surface area contributed by atoms with Gasteiger partial charge in [0, 0.05) is 12.0 Å². The Bertz CT molecular complexity index is 579. The van der Waals surface area contributed by atoms with Crippen molar-refractivity contribution in [1.29, 1.82) is 0 Å². The van der Waals surface area contributed by atoms with Gasteiger partial charge in [-0.05, 0) is 36.5 Å². The summed E-state index contributed by atoms with van der Waals surface area (Å²) >= 11 is 0. The largest absolute Gasteiger partial charge is 0.385 e. The van der Waals surface area contributed by atoms with Crippen molar-refractivity contribution in [3.8, 4) is 0 Å². The summed E-state index contributed by atoms with van der Waals surface area (Å²) in [5.74, 6) is 0. The van der Waals surface area contributed by atoms with Crippen molar-refractivity contribution in [3.05, 3.63) is 71.3 Å². The Morgan fingerprint density at radius 2 is 1.50 bits per heavy atom. The second kappa shape index (κ2) is 4.72. The van der Waals surface area contributed by atoms with Gasteiger partial charge in [0.1, 0.15) is 0 Å². The minimum Gasteiger partial charge on any atom is -0.385 e. The van der Waals surface area contributed by atoms with Crippen LogP contribution in [0.25, 0.3) is 0 Å². The topological polar surface area (TPSA) is 46.2 Å². The molecule has 1 aliphatic carbocycles. The zero-order valence-electron chi connectivity index (χ0n) is 11.8. The Morgan fingerprint density at radius 1 is 1.00 bits per heavy atom. The molecule has 2 nitrogen and oxygen atoms in total. The Labute approximate surface area is 120 Å². The van der Waals surface area contributed by atoms with E-state index in [1.807, 2.05) is 37.3 Å². The molecule has 1 atom stereocenters. The molecule has 0 saturated carbocycles. The lowest BCUT2D eigenvalue weighted by Crippen LogP contribution is -2.49. The van der Waals surface area contributed by atoms with Crippen molar-refractivity contribution < 1.29 is 5.11 Å². The molecule has 104 valence electrons. The van der Waals surface area contributed by atoms with E-state index in [0.717, 1.165) is 18.4 Å². The number of hydrogen-bond donors (Lipinski definition) is 2. The molecule has 3 rings (SSSR count). The SMILES string of the molecule is CC(O)(c1ccccc1)C1(CN)Cc2ccccc2C1. The molecule has 0 saturated heterocycles. The smallest absolute Gasteiger partial charge is 0.0942 e. The molecule has 0 fully saturated rings. The van der Waals surface area contributed by atoms with Crippen LogP contribution in [0.2, 0.25) is 0 Å². The van der Waals surface area contributed by atoms with E-state index in [4.69, 9.17) is 5.73 Å². The molecular weight excluding hydrogens is 246 g/mol. The zero-order chi connectivity index (χ0) is 14.2. The third-order valence-corrected chi connectivity index (χ3v) is 4.94. The molecule has 2 aromatic rings. The Hall–Kier alpha value is -1.64. The van der Waals surface area contributed by atoms with Gasteiger partial charge >= 0.3 is 0 Å². The molecule has 2 heteroatoms. The second-order valence-corrected chi connectivity index (χ2v) is 6.04. The van der Waals surface area contributed by atoms with Gasteiger partial charge in [-0.1, -0.05) is 54.6 Å². The van der Waals surface area contributed by atoms with Crippen LogP contribution in [-0.2, 0) is 18.4 Å². The quantitative estimate of drug-likeness (QED) is 0.898. The van der Waals surface area contributed by atoms with Crippen LogP contribution in [-0.4, -0.2) is 11.7 Å². The molecule has 1 aliphatic rings. The van der Waals surface area contributed by atoms with Crippen LogP contribution in [0.1, 0.15) is 23.6 Å². The van der Waals surface area contributed by atoms with Gasteiger partial charge in [-0.25, -0.2) is 0 Å². The van der Waals surface area contributed by atoms with Crippen molar-refractivity contribution in [2.24, 2.45) is 11.1 Å². The van der Waals surface area contributed by atoms with E-state index in [1.54, 1.807) is 0 Å². The highest BCUT2D eigenvalue weighted by molar-refractivity contribution is 5.38. The second-order valence-electron chi connectivity index (χ2n) is 6.04. The molecule has 0 aliphatic heterocycles. The average Bonchev–Trinajstić information content (AvgIpc) is 2.88. The molecule has 0 spiro atoms. The average molecular weight is 267 g/mol. The maximum Gasteiger partial charge on any atom is 0.0942 e. The third kappa shape index (κ3) is 1.88. The molecule has 0 heterocycles. The lowest BCUT2D eigenvalue weighted by Gasteiger charge is -2.42. The fourth-order valence-corrected chi connectivity index (χ4v) is 3.45. The summed E-state index contributed by atoms with van der Waals surface area (Å²) in [6, 6.07) is 18.3. The fraction of sp³-hybridized carbons (Fsp3) is 0.333. The van der Waals surface area contributed by atoms with Crippen LogP contribution in [0.15, 0.2) is 54.6 Å². The van der Waals surface area contributed by atoms with E-state index >= 15 is 0 Å². The van der Waals surface area contributed by atoms with E-state index in [1.165, 1.54) is 11.1 Å². The zero-order valence-corrected chi connectivity index (χ0v) is 11.8. The van der Waals surface area contributed by atoms with Crippen LogP contribution in [0.3, 0.4) is 0 Å². The van der Waals surface area contributed by atoms with Crippen LogP contribution in [0.5, 0.6) is 0 Å². The number of fused-ring (bicyclic) bond motifs is 1. The number of aliphatic hydroxyl groups is 1.